The normalized spacial score (nSPS) is 11.6. The number of thiophene rings is 1. The van der Waals surface area contributed by atoms with Gasteiger partial charge in [0, 0.05) is 11.4 Å². The summed E-state index contributed by atoms with van der Waals surface area (Å²) in [5.41, 5.74) is -0.979. The molecule has 0 saturated heterocycles. The van der Waals surface area contributed by atoms with Gasteiger partial charge >= 0.3 is 6.18 Å². The first-order chi connectivity index (χ1) is 8.86. The minimum Gasteiger partial charge on any atom is -0.378 e. The third-order valence-corrected chi connectivity index (χ3v) is 3.61. The molecule has 102 valence electrons. The zero-order chi connectivity index (χ0) is 14.0. The van der Waals surface area contributed by atoms with Crippen LogP contribution in [0.1, 0.15) is 10.4 Å². The molecule has 1 nitrogen and oxygen atoms in total. The molecular formula is C12H8ClF4NS. The molecule has 0 aliphatic carbocycles. The third kappa shape index (κ3) is 3.61. The molecule has 0 bridgehead atoms. The number of nitrogens with one attached hydrogen (secondary N) is 1. The summed E-state index contributed by atoms with van der Waals surface area (Å²) < 4.78 is 51.2. The summed E-state index contributed by atoms with van der Waals surface area (Å²) in [5.74, 6) is -0.933. The summed E-state index contributed by atoms with van der Waals surface area (Å²) >= 11 is 7.06. The molecule has 0 spiro atoms. The fourth-order valence-electron chi connectivity index (χ4n) is 1.46. The van der Waals surface area contributed by atoms with Crippen LogP contribution < -0.4 is 5.32 Å². The van der Waals surface area contributed by atoms with Gasteiger partial charge in [0.25, 0.3) is 0 Å². The van der Waals surface area contributed by atoms with E-state index in [1.165, 1.54) is 11.3 Å². The van der Waals surface area contributed by atoms with Crippen molar-refractivity contribution in [1.29, 1.82) is 0 Å². The van der Waals surface area contributed by atoms with E-state index in [1.807, 2.05) is 0 Å². The Balaban J connectivity index is 2.09. The van der Waals surface area contributed by atoms with E-state index in [4.69, 9.17) is 11.6 Å². The zero-order valence-electron chi connectivity index (χ0n) is 9.39. The summed E-state index contributed by atoms with van der Waals surface area (Å²) in [6.07, 6.45) is -4.54. The summed E-state index contributed by atoms with van der Waals surface area (Å²) in [6, 6.07) is 5.86. The number of hydrogen-bond acceptors (Lipinski definition) is 2. The van der Waals surface area contributed by atoms with Gasteiger partial charge in [-0.25, -0.2) is 4.39 Å². The smallest absolute Gasteiger partial charge is 0.378 e. The average molecular weight is 310 g/mol. The van der Waals surface area contributed by atoms with Crippen molar-refractivity contribution in [3.8, 4) is 0 Å². The second kappa shape index (κ2) is 5.38. The van der Waals surface area contributed by atoms with Crippen LogP contribution in [0.3, 0.4) is 0 Å². The van der Waals surface area contributed by atoms with Crippen molar-refractivity contribution in [2.75, 3.05) is 5.32 Å². The van der Waals surface area contributed by atoms with E-state index in [0.717, 1.165) is 17.0 Å². The number of alkyl halides is 3. The highest BCUT2D eigenvalue weighted by molar-refractivity contribution is 7.16. The fourth-order valence-corrected chi connectivity index (χ4v) is 2.49. The lowest BCUT2D eigenvalue weighted by Crippen LogP contribution is -2.07. The number of benzene rings is 1. The van der Waals surface area contributed by atoms with Crippen LogP contribution in [0.25, 0.3) is 0 Å². The second-order valence-corrected chi connectivity index (χ2v) is 5.55. The van der Waals surface area contributed by atoms with Gasteiger partial charge in [-0.3, -0.25) is 0 Å². The van der Waals surface area contributed by atoms with Gasteiger partial charge in [0.1, 0.15) is 5.82 Å². The van der Waals surface area contributed by atoms with E-state index in [-0.39, 0.29) is 5.69 Å². The van der Waals surface area contributed by atoms with Crippen LogP contribution in [0, 0.1) is 5.82 Å². The van der Waals surface area contributed by atoms with E-state index in [9.17, 15) is 17.6 Å². The molecule has 0 saturated carbocycles. The molecule has 0 aliphatic rings. The molecule has 0 unspecified atom stereocenters. The van der Waals surface area contributed by atoms with E-state index in [1.54, 1.807) is 12.1 Å². The molecule has 1 heterocycles. The van der Waals surface area contributed by atoms with E-state index < -0.39 is 17.6 Å². The van der Waals surface area contributed by atoms with Crippen molar-refractivity contribution in [1.82, 2.24) is 0 Å². The van der Waals surface area contributed by atoms with E-state index in [0.29, 0.717) is 16.9 Å². The Hall–Kier alpha value is -1.27. The lowest BCUT2D eigenvalue weighted by molar-refractivity contribution is -0.137. The van der Waals surface area contributed by atoms with Crippen molar-refractivity contribution in [3.05, 3.63) is 50.9 Å². The van der Waals surface area contributed by atoms with Crippen LogP contribution in [0.5, 0.6) is 0 Å². The number of halogens is 5. The Labute approximate surface area is 115 Å². The highest BCUT2D eigenvalue weighted by Crippen LogP contribution is 2.31. The summed E-state index contributed by atoms with van der Waals surface area (Å²) in [6.45, 7) is 0.305. The molecule has 0 radical (unpaired) electrons. The van der Waals surface area contributed by atoms with E-state index >= 15 is 0 Å². The quantitative estimate of drug-likeness (QED) is 0.771. The molecule has 0 aliphatic heterocycles. The van der Waals surface area contributed by atoms with Gasteiger partial charge in [0.05, 0.1) is 15.6 Å². The van der Waals surface area contributed by atoms with Crippen molar-refractivity contribution >= 4 is 28.6 Å². The average Bonchev–Trinajstić information content (AvgIpc) is 2.72. The summed E-state index contributed by atoms with van der Waals surface area (Å²) in [7, 11) is 0. The monoisotopic (exact) mass is 309 g/mol. The van der Waals surface area contributed by atoms with Crippen molar-refractivity contribution in [2.45, 2.75) is 12.7 Å². The maximum atomic E-state index is 13.5. The Morgan fingerprint density at radius 3 is 2.42 bits per heavy atom. The second-order valence-electron chi connectivity index (χ2n) is 3.75. The maximum Gasteiger partial charge on any atom is 0.416 e. The first kappa shape index (κ1) is 14.1. The van der Waals surface area contributed by atoms with Crippen LogP contribution in [-0.2, 0) is 12.7 Å². The predicted molar refractivity (Wildman–Crippen MR) is 68.1 cm³/mol. The summed E-state index contributed by atoms with van der Waals surface area (Å²) in [5, 5.41) is 2.73. The first-order valence-corrected chi connectivity index (χ1v) is 6.40. The van der Waals surface area contributed by atoms with Gasteiger partial charge in [-0.15, -0.1) is 11.3 Å². The molecule has 0 atom stereocenters. The van der Waals surface area contributed by atoms with Crippen LogP contribution in [0.15, 0.2) is 30.3 Å². The van der Waals surface area contributed by atoms with Crippen LogP contribution >= 0.6 is 22.9 Å². The molecule has 0 amide bonds. The highest BCUT2D eigenvalue weighted by Gasteiger charge is 2.31. The minimum absolute atomic E-state index is 0.0255. The molecule has 0 fully saturated rings. The first-order valence-electron chi connectivity index (χ1n) is 5.21. The number of anilines is 1. The maximum absolute atomic E-state index is 13.5. The Bertz CT molecular complexity index is 579. The molecule has 7 heteroatoms. The Morgan fingerprint density at radius 1 is 1.16 bits per heavy atom. The number of hydrogen-bond donors (Lipinski definition) is 1. The SMILES string of the molecule is Fc1cc(C(F)(F)F)ccc1NCc1ccc(Cl)s1. The molecule has 19 heavy (non-hydrogen) atoms. The van der Waals surface area contributed by atoms with Gasteiger partial charge in [0.15, 0.2) is 0 Å². The molecule has 1 N–H and O–H groups in total. The Kier molecular flexibility index (Phi) is 4.01. The highest BCUT2D eigenvalue weighted by atomic mass is 35.5. The fraction of sp³-hybridized carbons (Fsp3) is 0.167. The zero-order valence-corrected chi connectivity index (χ0v) is 11.0. The van der Waals surface area contributed by atoms with E-state index in [2.05, 4.69) is 5.32 Å². The predicted octanol–water partition coefficient (Wildman–Crippen LogP) is 5.17. The topological polar surface area (TPSA) is 12.0 Å². The largest absolute Gasteiger partial charge is 0.416 e. The molecule has 2 rings (SSSR count). The molecule has 1 aromatic carbocycles. The Morgan fingerprint density at radius 2 is 1.89 bits per heavy atom. The molecule has 1 aromatic heterocycles. The molecule has 2 aromatic rings. The van der Waals surface area contributed by atoms with Crippen LogP contribution in [0.2, 0.25) is 4.34 Å². The van der Waals surface area contributed by atoms with Crippen molar-refractivity contribution in [2.24, 2.45) is 0 Å². The van der Waals surface area contributed by atoms with Crippen LogP contribution in [-0.4, -0.2) is 0 Å². The minimum atomic E-state index is -4.54. The van der Waals surface area contributed by atoms with Gasteiger partial charge in [-0.05, 0) is 30.3 Å². The van der Waals surface area contributed by atoms with Gasteiger partial charge in [-0.1, -0.05) is 11.6 Å². The summed E-state index contributed by atoms with van der Waals surface area (Å²) in [4.78, 5) is 0.865. The lowest BCUT2D eigenvalue weighted by atomic mass is 10.2. The van der Waals surface area contributed by atoms with Crippen molar-refractivity contribution < 1.29 is 17.6 Å². The van der Waals surface area contributed by atoms with Gasteiger partial charge < -0.3 is 5.32 Å². The molecular weight excluding hydrogens is 302 g/mol. The van der Waals surface area contributed by atoms with Gasteiger partial charge in [-0.2, -0.15) is 13.2 Å². The third-order valence-electron chi connectivity index (χ3n) is 2.38. The van der Waals surface area contributed by atoms with Gasteiger partial charge in [0.2, 0.25) is 0 Å². The van der Waals surface area contributed by atoms with Crippen LogP contribution in [0.4, 0.5) is 23.2 Å². The lowest BCUT2D eigenvalue weighted by Gasteiger charge is -2.10. The number of rotatable bonds is 3. The van der Waals surface area contributed by atoms with Crippen molar-refractivity contribution in [3.63, 3.8) is 0 Å². The standard InChI is InChI=1S/C12H8ClF4NS/c13-11-4-2-8(19-11)6-18-10-3-1-7(5-9(10)14)12(15,16)17/h1-5,18H,6H2.